The van der Waals surface area contributed by atoms with Crippen LogP contribution in [0.1, 0.15) is 32.6 Å². The topological polar surface area (TPSA) is 18.5 Å². The van der Waals surface area contributed by atoms with Gasteiger partial charge >= 0.3 is 17.1 Å². The van der Waals surface area contributed by atoms with Crippen LogP contribution in [-0.2, 0) is 26.5 Å². The molecule has 0 aromatic rings. The van der Waals surface area contributed by atoms with Crippen LogP contribution >= 0.6 is 0 Å². The van der Waals surface area contributed by atoms with E-state index in [9.17, 15) is 0 Å². The SMILES string of the molecule is [CH-]=C(CCCC)CC1OCCO1.[Cu+]. The molecule has 1 heterocycles. The molecule has 1 fully saturated rings. The van der Waals surface area contributed by atoms with Crippen LogP contribution in [0.2, 0.25) is 0 Å². The summed E-state index contributed by atoms with van der Waals surface area (Å²) in [4.78, 5) is 0. The van der Waals surface area contributed by atoms with Crippen LogP contribution in [-0.4, -0.2) is 19.5 Å². The molecule has 0 N–H and O–H groups in total. The van der Waals surface area contributed by atoms with Crippen molar-refractivity contribution in [2.75, 3.05) is 13.2 Å². The van der Waals surface area contributed by atoms with E-state index >= 15 is 0 Å². The van der Waals surface area contributed by atoms with Crippen molar-refractivity contribution in [1.82, 2.24) is 0 Å². The van der Waals surface area contributed by atoms with Crippen LogP contribution in [0.15, 0.2) is 5.57 Å². The van der Waals surface area contributed by atoms with Crippen molar-refractivity contribution in [2.45, 2.75) is 38.9 Å². The molecule has 80 valence electrons. The third-order valence-corrected chi connectivity index (χ3v) is 1.97. The summed E-state index contributed by atoms with van der Waals surface area (Å²) in [5, 5.41) is 0. The van der Waals surface area contributed by atoms with Crippen molar-refractivity contribution in [1.29, 1.82) is 0 Å². The molecule has 0 unspecified atom stereocenters. The minimum atomic E-state index is -0.0677. The molecule has 0 bridgehead atoms. The number of rotatable bonds is 5. The first-order chi connectivity index (χ1) is 5.83. The molecule has 1 aliphatic rings. The second kappa shape index (κ2) is 7.57. The van der Waals surface area contributed by atoms with Gasteiger partial charge in [0.1, 0.15) is 0 Å². The number of hydrogen-bond acceptors (Lipinski definition) is 2. The van der Waals surface area contributed by atoms with E-state index in [1.165, 1.54) is 12.8 Å². The van der Waals surface area contributed by atoms with Gasteiger partial charge in [-0.2, -0.15) is 0 Å². The van der Waals surface area contributed by atoms with E-state index in [-0.39, 0.29) is 23.4 Å². The van der Waals surface area contributed by atoms with Crippen molar-refractivity contribution in [3.8, 4) is 0 Å². The maximum Gasteiger partial charge on any atom is 1.00 e. The second-order valence-corrected chi connectivity index (χ2v) is 3.14. The van der Waals surface area contributed by atoms with Crippen molar-refractivity contribution in [3.05, 3.63) is 12.2 Å². The Morgan fingerprint density at radius 3 is 2.54 bits per heavy atom. The van der Waals surface area contributed by atoms with Gasteiger partial charge in [-0.15, -0.1) is 0 Å². The molecule has 1 rings (SSSR count). The Bertz CT molecular complexity index is 142. The third kappa shape index (κ3) is 5.48. The molecule has 0 saturated carbocycles. The van der Waals surface area contributed by atoms with E-state index in [4.69, 9.17) is 16.1 Å². The van der Waals surface area contributed by atoms with E-state index < -0.39 is 0 Å². The number of ether oxygens (including phenoxy) is 2. The molecule has 0 aliphatic carbocycles. The molecule has 0 radical (unpaired) electrons. The van der Waals surface area contributed by atoms with Gasteiger partial charge < -0.3 is 16.1 Å². The molecule has 2 nitrogen and oxygen atoms in total. The van der Waals surface area contributed by atoms with E-state index in [0.717, 1.165) is 18.4 Å². The van der Waals surface area contributed by atoms with Gasteiger partial charge in [0.15, 0.2) is 6.29 Å². The van der Waals surface area contributed by atoms with Gasteiger partial charge in [0.2, 0.25) is 0 Å². The first kappa shape index (κ1) is 13.2. The normalized spacial score (nSPS) is 17.0. The first-order valence-electron chi connectivity index (χ1n) is 4.66. The summed E-state index contributed by atoms with van der Waals surface area (Å²) in [5.74, 6) is 0. The van der Waals surface area contributed by atoms with Gasteiger partial charge in [-0.25, -0.2) is 0 Å². The van der Waals surface area contributed by atoms with E-state index in [1.54, 1.807) is 0 Å². The van der Waals surface area contributed by atoms with Crippen LogP contribution < -0.4 is 0 Å². The molecule has 3 heteroatoms. The minimum absolute atomic E-state index is 0. The summed E-state index contributed by atoms with van der Waals surface area (Å²) in [6, 6.07) is 0. The van der Waals surface area contributed by atoms with E-state index in [2.05, 4.69) is 6.92 Å². The molecular formula is C10H17CuO2. The van der Waals surface area contributed by atoms with Crippen LogP contribution in [0.3, 0.4) is 0 Å². The van der Waals surface area contributed by atoms with Crippen LogP contribution in [0, 0.1) is 6.58 Å². The van der Waals surface area contributed by atoms with Gasteiger partial charge in [-0.05, 0) is 6.42 Å². The number of unbranched alkanes of at least 4 members (excludes halogenated alkanes) is 1. The minimum Gasteiger partial charge on any atom is -0.514 e. The Kier molecular flexibility index (Phi) is 7.68. The predicted molar refractivity (Wildman–Crippen MR) is 47.6 cm³/mol. The van der Waals surface area contributed by atoms with Crippen molar-refractivity contribution in [3.63, 3.8) is 0 Å². The molecular weight excluding hydrogens is 216 g/mol. The summed E-state index contributed by atoms with van der Waals surface area (Å²) in [5.41, 5.74) is 1.00. The summed E-state index contributed by atoms with van der Waals surface area (Å²) < 4.78 is 10.6. The average Bonchev–Trinajstić information content (AvgIpc) is 2.53. The summed E-state index contributed by atoms with van der Waals surface area (Å²) in [7, 11) is 0. The first-order valence-corrected chi connectivity index (χ1v) is 4.66. The van der Waals surface area contributed by atoms with Gasteiger partial charge in [0.25, 0.3) is 0 Å². The monoisotopic (exact) mass is 232 g/mol. The standard InChI is InChI=1S/C10H17O2.Cu/c1-3-4-5-9(2)8-10-11-6-7-12-10;/h2,10H,3-8H2,1H3;/q-1;+1. The third-order valence-electron chi connectivity index (χ3n) is 1.97. The fraction of sp³-hybridized carbons (Fsp3) is 0.800. The molecule has 0 aromatic heterocycles. The largest absolute Gasteiger partial charge is 1.00 e. The smallest absolute Gasteiger partial charge is 0.514 e. The number of hydrogen-bond donors (Lipinski definition) is 0. The Balaban J connectivity index is 0.00000144. The maximum atomic E-state index is 5.80. The van der Waals surface area contributed by atoms with Crippen molar-refractivity contribution < 1.29 is 26.5 Å². The zero-order valence-corrected chi connectivity index (χ0v) is 8.96. The quantitative estimate of drug-likeness (QED) is 0.535. The summed E-state index contributed by atoms with van der Waals surface area (Å²) in [6.45, 7) is 9.39. The average molecular weight is 233 g/mol. The van der Waals surface area contributed by atoms with Gasteiger partial charge in [0.05, 0.1) is 13.2 Å². The maximum absolute atomic E-state index is 5.80. The van der Waals surface area contributed by atoms with E-state index in [0.29, 0.717) is 13.2 Å². The Morgan fingerprint density at radius 1 is 1.38 bits per heavy atom. The molecule has 1 aliphatic heterocycles. The fourth-order valence-electron chi connectivity index (χ4n) is 1.25. The zero-order valence-electron chi connectivity index (χ0n) is 8.02. The molecule has 13 heavy (non-hydrogen) atoms. The second-order valence-electron chi connectivity index (χ2n) is 3.14. The van der Waals surface area contributed by atoms with Gasteiger partial charge in [0, 0.05) is 0 Å². The summed E-state index contributed by atoms with van der Waals surface area (Å²) >= 11 is 0. The van der Waals surface area contributed by atoms with Crippen LogP contribution in [0.5, 0.6) is 0 Å². The van der Waals surface area contributed by atoms with Crippen molar-refractivity contribution in [2.24, 2.45) is 0 Å². The molecule has 0 spiro atoms. The molecule has 0 atom stereocenters. The predicted octanol–water partition coefficient (Wildman–Crippen LogP) is 2.30. The van der Waals surface area contributed by atoms with Gasteiger partial charge in [-0.1, -0.05) is 26.2 Å². The zero-order chi connectivity index (χ0) is 8.81. The van der Waals surface area contributed by atoms with Crippen LogP contribution in [0.25, 0.3) is 0 Å². The summed E-state index contributed by atoms with van der Waals surface area (Å²) in [6.07, 6.45) is 4.05. The Hall–Kier alpha value is 0.179. The molecule has 0 amide bonds. The van der Waals surface area contributed by atoms with Crippen molar-refractivity contribution >= 4 is 0 Å². The molecule has 0 aromatic carbocycles. The molecule has 1 saturated heterocycles. The van der Waals surface area contributed by atoms with Gasteiger partial charge in [-0.3, -0.25) is 5.57 Å². The Morgan fingerprint density at radius 2 is 2.00 bits per heavy atom. The van der Waals surface area contributed by atoms with Crippen LogP contribution in [0.4, 0.5) is 0 Å². The Labute approximate surface area is 91.2 Å². The van der Waals surface area contributed by atoms with E-state index in [1.807, 2.05) is 0 Å². The fourth-order valence-corrected chi connectivity index (χ4v) is 1.25.